The van der Waals surface area contributed by atoms with Gasteiger partial charge in [0.2, 0.25) is 0 Å². The first-order valence-corrected chi connectivity index (χ1v) is 8.78. The lowest BCUT2D eigenvalue weighted by Gasteiger charge is -2.61. The van der Waals surface area contributed by atoms with Crippen molar-refractivity contribution in [2.45, 2.75) is 64.0 Å². The monoisotopic (exact) mass is 280 g/mol. The van der Waals surface area contributed by atoms with E-state index < -0.39 is 0 Å². The Bertz CT molecular complexity index is 308. The van der Waals surface area contributed by atoms with Crippen LogP contribution in [0.25, 0.3) is 0 Å². The number of rotatable bonds is 6. The van der Waals surface area contributed by atoms with E-state index in [9.17, 15) is 0 Å². The molecule has 3 nitrogen and oxygen atoms in total. The Hall–Kier alpha value is -0.120. The maximum atomic E-state index is 5.93. The Balaban J connectivity index is 1.37. The topological polar surface area (TPSA) is 24.5 Å². The average molecular weight is 280 g/mol. The van der Waals surface area contributed by atoms with Crippen LogP contribution in [0.1, 0.15) is 51.9 Å². The van der Waals surface area contributed by atoms with Crippen LogP contribution in [0.3, 0.4) is 0 Å². The van der Waals surface area contributed by atoms with E-state index in [2.05, 4.69) is 24.2 Å². The standard InChI is InChI=1S/C17H32N2O/c1-3-20-16-13-15(17(16)8-4-9-17)18-10-5-14-6-11-19(2)12-7-14/h14-16,18H,3-13H2,1-2H3. The molecule has 1 aliphatic heterocycles. The zero-order chi connectivity index (χ0) is 14.0. The van der Waals surface area contributed by atoms with Crippen LogP contribution in [0.4, 0.5) is 0 Å². The molecule has 0 aromatic carbocycles. The molecule has 1 N–H and O–H groups in total. The largest absolute Gasteiger partial charge is 0.378 e. The summed E-state index contributed by atoms with van der Waals surface area (Å²) < 4.78 is 5.93. The van der Waals surface area contributed by atoms with Crippen molar-refractivity contribution in [2.75, 3.05) is 33.3 Å². The molecule has 2 aliphatic carbocycles. The lowest BCUT2D eigenvalue weighted by molar-refractivity contribution is -0.172. The molecule has 3 rings (SSSR count). The van der Waals surface area contributed by atoms with Crippen LogP contribution < -0.4 is 5.32 Å². The number of hydrogen-bond donors (Lipinski definition) is 1. The van der Waals surface area contributed by atoms with Crippen LogP contribution >= 0.6 is 0 Å². The summed E-state index contributed by atoms with van der Waals surface area (Å²) in [6.07, 6.45) is 10.2. The number of nitrogens with one attached hydrogen (secondary N) is 1. The Kier molecular flexibility index (Phi) is 4.68. The first-order chi connectivity index (χ1) is 9.74. The first kappa shape index (κ1) is 14.8. The fourth-order valence-electron chi connectivity index (χ4n) is 4.54. The van der Waals surface area contributed by atoms with E-state index in [1.54, 1.807) is 0 Å². The van der Waals surface area contributed by atoms with Gasteiger partial charge in [0.15, 0.2) is 0 Å². The van der Waals surface area contributed by atoms with Crippen molar-refractivity contribution in [3.63, 3.8) is 0 Å². The van der Waals surface area contributed by atoms with Crippen molar-refractivity contribution in [2.24, 2.45) is 11.3 Å². The van der Waals surface area contributed by atoms with Crippen molar-refractivity contribution in [1.29, 1.82) is 0 Å². The minimum atomic E-state index is 0.531. The normalized spacial score (nSPS) is 33.9. The number of piperidine rings is 1. The van der Waals surface area contributed by atoms with E-state index >= 15 is 0 Å². The van der Waals surface area contributed by atoms with Gasteiger partial charge in [0.25, 0.3) is 0 Å². The summed E-state index contributed by atoms with van der Waals surface area (Å²) >= 11 is 0. The number of hydrogen-bond acceptors (Lipinski definition) is 3. The van der Waals surface area contributed by atoms with E-state index in [0.29, 0.717) is 11.5 Å². The fourth-order valence-corrected chi connectivity index (χ4v) is 4.54. The zero-order valence-corrected chi connectivity index (χ0v) is 13.4. The molecule has 3 fully saturated rings. The maximum Gasteiger partial charge on any atom is 0.0661 e. The predicted molar refractivity (Wildman–Crippen MR) is 82.9 cm³/mol. The molecule has 1 spiro atoms. The number of ether oxygens (including phenoxy) is 1. The molecule has 20 heavy (non-hydrogen) atoms. The van der Waals surface area contributed by atoms with Gasteiger partial charge >= 0.3 is 0 Å². The molecule has 0 amide bonds. The third kappa shape index (κ3) is 2.77. The highest BCUT2D eigenvalue weighted by molar-refractivity contribution is 5.12. The molecule has 0 aromatic heterocycles. The highest BCUT2D eigenvalue weighted by Gasteiger charge is 2.58. The molecule has 116 valence electrons. The minimum Gasteiger partial charge on any atom is -0.378 e. The van der Waals surface area contributed by atoms with E-state index in [1.165, 1.54) is 64.6 Å². The van der Waals surface area contributed by atoms with Gasteiger partial charge in [-0.05, 0) is 78.0 Å². The second-order valence-corrected chi connectivity index (χ2v) is 7.31. The van der Waals surface area contributed by atoms with Gasteiger partial charge in [0, 0.05) is 18.1 Å². The Morgan fingerprint density at radius 3 is 2.60 bits per heavy atom. The lowest BCUT2D eigenvalue weighted by Crippen LogP contribution is -2.67. The summed E-state index contributed by atoms with van der Waals surface area (Å²) in [5, 5.41) is 3.87. The Labute approximate surface area is 124 Å². The highest BCUT2D eigenvalue weighted by atomic mass is 16.5. The van der Waals surface area contributed by atoms with E-state index in [4.69, 9.17) is 4.74 Å². The third-order valence-electron chi connectivity index (χ3n) is 6.22. The molecular weight excluding hydrogens is 248 g/mol. The quantitative estimate of drug-likeness (QED) is 0.809. The van der Waals surface area contributed by atoms with Gasteiger partial charge in [-0.1, -0.05) is 6.42 Å². The summed E-state index contributed by atoms with van der Waals surface area (Å²) in [6, 6.07) is 0.749. The molecule has 3 heteroatoms. The molecular formula is C17H32N2O. The summed E-state index contributed by atoms with van der Waals surface area (Å²) in [5.74, 6) is 0.957. The SMILES string of the molecule is CCOC1CC(NCCC2CCN(C)CC2)C12CCC2. The van der Waals surface area contributed by atoms with E-state index in [0.717, 1.165) is 18.6 Å². The van der Waals surface area contributed by atoms with Crippen LogP contribution in [0.5, 0.6) is 0 Å². The highest BCUT2D eigenvalue weighted by Crippen LogP contribution is 2.57. The minimum absolute atomic E-state index is 0.531. The Morgan fingerprint density at radius 2 is 2.00 bits per heavy atom. The van der Waals surface area contributed by atoms with Crippen LogP contribution in [-0.2, 0) is 4.74 Å². The van der Waals surface area contributed by atoms with Gasteiger partial charge in [-0.15, -0.1) is 0 Å². The molecule has 2 saturated carbocycles. The molecule has 2 atom stereocenters. The van der Waals surface area contributed by atoms with Crippen LogP contribution in [0.15, 0.2) is 0 Å². The molecule has 1 saturated heterocycles. The van der Waals surface area contributed by atoms with Gasteiger partial charge in [0.05, 0.1) is 6.10 Å². The van der Waals surface area contributed by atoms with E-state index in [-0.39, 0.29) is 0 Å². The van der Waals surface area contributed by atoms with Crippen LogP contribution in [-0.4, -0.2) is 50.3 Å². The van der Waals surface area contributed by atoms with Crippen molar-refractivity contribution in [3.8, 4) is 0 Å². The summed E-state index contributed by atoms with van der Waals surface area (Å²) in [5.41, 5.74) is 0.531. The molecule has 0 aromatic rings. The van der Waals surface area contributed by atoms with E-state index in [1.807, 2.05) is 0 Å². The first-order valence-electron chi connectivity index (χ1n) is 8.78. The average Bonchev–Trinajstić information content (AvgIpc) is 2.37. The van der Waals surface area contributed by atoms with Gasteiger partial charge in [-0.25, -0.2) is 0 Å². The van der Waals surface area contributed by atoms with Crippen molar-refractivity contribution in [3.05, 3.63) is 0 Å². The van der Waals surface area contributed by atoms with Crippen molar-refractivity contribution >= 4 is 0 Å². The van der Waals surface area contributed by atoms with Gasteiger partial charge < -0.3 is 15.0 Å². The second kappa shape index (κ2) is 6.33. The van der Waals surface area contributed by atoms with Crippen molar-refractivity contribution < 1.29 is 4.74 Å². The molecule has 0 bridgehead atoms. The summed E-state index contributed by atoms with van der Waals surface area (Å²) in [4.78, 5) is 2.46. The third-order valence-corrected chi connectivity index (χ3v) is 6.22. The summed E-state index contributed by atoms with van der Waals surface area (Å²) in [7, 11) is 2.25. The molecule has 0 radical (unpaired) electrons. The smallest absolute Gasteiger partial charge is 0.0661 e. The molecule has 2 unspecified atom stereocenters. The van der Waals surface area contributed by atoms with Crippen molar-refractivity contribution in [1.82, 2.24) is 10.2 Å². The number of nitrogens with zero attached hydrogens (tertiary/aromatic N) is 1. The second-order valence-electron chi connectivity index (χ2n) is 7.31. The lowest BCUT2D eigenvalue weighted by atomic mass is 9.51. The maximum absolute atomic E-state index is 5.93. The van der Waals surface area contributed by atoms with Crippen LogP contribution in [0.2, 0.25) is 0 Å². The molecule has 1 heterocycles. The Morgan fingerprint density at radius 1 is 1.25 bits per heavy atom. The fraction of sp³-hybridized carbons (Fsp3) is 1.00. The molecule has 3 aliphatic rings. The number of likely N-dealkylation sites (tertiary alicyclic amines) is 1. The van der Waals surface area contributed by atoms with Crippen LogP contribution in [0, 0.1) is 11.3 Å². The van der Waals surface area contributed by atoms with Gasteiger partial charge in [-0.2, -0.15) is 0 Å². The summed E-state index contributed by atoms with van der Waals surface area (Å²) in [6.45, 7) is 6.83. The van der Waals surface area contributed by atoms with Gasteiger partial charge in [-0.3, -0.25) is 0 Å². The predicted octanol–water partition coefficient (Wildman–Crippen LogP) is 2.66. The van der Waals surface area contributed by atoms with Gasteiger partial charge in [0.1, 0.15) is 0 Å². The zero-order valence-electron chi connectivity index (χ0n) is 13.4.